The third-order valence-electron chi connectivity index (χ3n) is 3.60. The Morgan fingerprint density at radius 3 is 2.43 bits per heavy atom. The first-order valence-corrected chi connectivity index (χ1v) is 7.01. The first-order chi connectivity index (χ1) is 11.0. The lowest BCUT2D eigenvalue weighted by Crippen LogP contribution is -2.12. The van der Waals surface area contributed by atoms with Crippen molar-refractivity contribution in [1.82, 2.24) is 4.98 Å². The molecule has 0 unspecified atom stereocenters. The van der Waals surface area contributed by atoms with E-state index < -0.39 is 5.97 Å². The molecular formula is C17H17NO5. The van der Waals surface area contributed by atoms with Crippen LogP contribution < -0.4 is 4.74 Å². The highest BCUT2D eigenvalue weighted by molar-refractivity contribution is 6.00. The number of aromatic nitrogens is 1. The molecule has 0 fully saturated rings. The second-order valence-corrected chi connectivity index (χ2v) is 5.05. The Hall–Kier alpha value is -2.89. The Balaban J connectivity index is 2.33. The van der Waals surface area contributed by atoms with Gasteiger partial charge in [0, 0.05) is 0 Å². The van der Waals surface area contributed by atoms with Crippen molar-refractivity contribution in [1.29, 1.82) is 0 Å². The number of nitrogens with zero attached hydrogens (tertiary/aromatic N) is 1. The standard InChI is InChI=1S/C17H17NO5/c1-10-16(20)13(9-19)15(17(21)22)14(18-10)8-5-11-3-6-12(23-2)7-4-11/h3-4,6-7,9,20H,5,8H2,1-2H3,(H,21,22). The van der Waals surface area contributed by atoms with E-state index in [1.807, 2.05) is 24.3 Å². The van der Waals surface area contributed by atoms with Crippen molar-refractivity contribution in [2.45, 2.75) is 19.8 Å². The van der Waals surface area contributed by atoms with E-state index in [0.717, 1.165) is 11.3 Å². The molecule has 2 rings (SSSR count). The van der Waals surface area contributed by atoms with Crippen molar-refractivity contribution >= 4 is 12.3 Å². The number of rotatable bonds is 6. The van der Waals surface area contributed by atoms with E-state index in [1.165, 1.54) is 6.92 Å². The van der Waals surface area contributed by atoms with Crippen molar-refractivity contribution in [3.63, 3.8) is 0 Å². The van der Waals surface area contributed by atoms with Crippen LogP contribution in [0.25, 0.3) is 0 Å². The van der Waals surface area contributed by atoms with Gasteiger partial charge in [-0.15, -0.1) is 0 Å². The van der Waals surface area contributed by atoms with Crippen LogP contribution in [-0.2, 0) is 12.8 Å². The Morgan fingerprint density at radius 1 is 1.26 bits per heavy atom. The summed E-state index contributed by atoms with van der Waals surface area (Å²) in [7, 11) is 1.58. The molecule has 0 saturated heterocycles. The van der Waals surface area contributed by atoms with Gasteiger partial charge in [0.05, 0.1) is 29.6 Å². The SMILES string of the molecule is COc1ccc(CCc2nc(C)c(O)c(C=O)c2C(=O)O)cc1. The molecule has 0 bridgehead atoms. The number of pyridine rings is 1. The molecule has 2 aromatic rings. The first-order valence-electron chi connectivity index (χ1n) is 7.01. The normalized spacial score (nSPS) is 10.3. The van der Waals surface area contributed by atoms with Crippen LogP contribution in [0.2, 0.25) is 0 Å². The average molecular weight is 315 g/mol. The average Bonchev–Trinajstić information content (AvgIpc) is 2.55. The van der Waals surface area contributed by atoms with Crippen LogP contribution in [0.15, 0.2) is 24.3 Å². The minimum atomic E-state index is -1.28. The van der Waals surface area contributed by atoms with Gasteiger partial charge in [-0.2, -0.15) is 0 Å². The van der Waals surface area contributed by atoms with Gasteiger partial charge in [-0.25, -0.2) is 4.79 Å². The van der Waals surface area contributed by atoms with Crippen LogP contribution in [-0.4, -0.2) is 34.6 Å². The Bertz CT molecular complexity index is 738. The molecule has 1 heterocycles. The lowest BCUT2D eigenvalue weighted by molar-refractivity contribution is 0.0691. The van der Waals surface area contributed by atoms with E-state index in [9.17, 15) is 19.8 Å². The number of aromatic hydroxyl groups is 1. The number of aldehydes is 1. The number of ether oxygens (including phenoxy) is 1. The molecule has 1 aromatic heterocycles. The van der Waals surface area contributed by atoms with Crippen LogP contribution in [0, 0.1) is 6.92 Å². The van der Waals surface area contributed by atoms with Gasteiger partial charge in [0.15, 0.2) is 6.29 Å². The summed E-state index contributed by atoms with van der Waals surface area (Å²) in [6, 6.07) is 7.40. The number of benzene rings is 1. The van der Waals surface area contributed by atoms with Crippen molar-refractivity contribution in [2.24, 2.45) is 0 Å². The minimum Gasteiger partial charge on any atom is -0.505 e. The summed E-state index contributed by atoms with van der Waals surface area (Å²) < 4.78 is 5.09. The Kier molecular flexibility index (Phi) is 4.95. The van der Waals surface area contributed by atoms with Gasteiger partial charge in [-0.1, -0.05) is 12.1 Å². The number of carbonyl (C=O) groups is 2. The highest BCUT2D eigenvalue weighted by Crippen LogP contribution is 2.26. The quantitative estimate of drug-likeness (QED) is 0.795. The summed E-state index contributed by atoms with van der Waals surface area (Å²) in [5.74, 6) is -0.924. The fraction of sp³-hybridized carbons (Fsp3) is 0.235. The molecule has 23 heavy (non-hydrogen) atoms. The van der Waals surface area contributed by atoms with Crippen LogP contribution in [0.5, 0.6) is 11.5 Å². The third kappa shape index (κ3) is 3.48. The van der Waals surface area contributed by atoms with Crippen molar-refractivity contribution < 1.29 is 24.5 Å². The van der Waals surface area contributed by atoms with E-state index in [0.29, 0.717) is 19.1 Å². The van der Waals surface area contributed by atoms with Gasteiger partial charge < -0.3 is 14.9 Å². The van der Waals surface area contributed by atoms with E-state index in [-0.39, 0.29) is 28.3 Å². The maximum Gasteiger partial charge on any atom is 0.338 e. The molecule has 0 atom stereocenters. The molecule has 0 aliphatic rings. The molecule has 1 aromatic carbocycles. The van der Waals surface area contributed by atoms with Crippen molar-refractivity contribution in [2.75, 3.05) is 7.11 Å². The number of hydrogen-bond acceptors (Lipinski definition) is 5. The van der Waals surface area contributed by atoms with Gasteiger partial charge in [-0.05, 0) is 37.5 Å². The topological polar surface area (TPSA) is 96.7 Å². The maximum atomic E-state index is 11.4. The minimum absolute atomic E-state index is 0.227. The zero-order chi connectivity index (χ0) is 17.0. The molecule has 2 N–H and O–H groups in total. The Labute approximate surface area is 133 Å². The highest BCUT2D eigenvalue weighted by atomic mass is 16.5. The van der Waals surface area contributed by atoms with E-state index in [4.69, 9.17) is 4.74 Å². The highest BCUT2D eigenvalue weighted by Gasteiger charge is 2.22. The Morgan fingerprint density at radius 2 is 1.91 bits per heavy atom. The third-order valence-corrected chi connectivity index (χ3v) is 3.60. The predicted octanol–water partition coefficient (Wildman–Crippen LogP) is 2.40. The summed E-state index contributed by atoms with van der Waals surface area (Å²) >= 11 is 0. The number of aryl methyl sites for hydroxylation is 3. The van der Waals surface area contributed by atoms with Crippen LogP contribution >= 0.6 is 0 Å². The number of carbonyl (C=O) groups excluding carboxylic acids is 1. The summed E-state index contributed by atoms with van der Waals surface area (Å²) in [6.45, 7) is 1.53. The predicted molar refractivity (Wildman–Crippen MR) is 83.4 cm³/mol. The summed E-state index contributed by atoms with van der Waals surface area (Å²) in [4.78, 5) is 26.7. The fourth-order valence-corrected chi connectivity index (χ4v) is 2.37. The molecule has 0 aliphatic heterocycles. The number of methoxy groups -OCH3 is 1. The van der Waals surface area contributed by atoms with Gasteiger partial charge in [0.1, 0.15) is 11.5 Å². The summed E-state index contributed by atoms with van der Waals surface area (Å²) in [5.41, 5.74) is 1.04. The van der Waals surface area contributed by atoms with Crippen molar-refractivity contribution in [3.8, 4) is 11.5 Å². The van der Waals surface area contributed by atoms with Crippen LogP contribution in [0.4, 0.5) is 0 Å². The molecule has 120 valence electrons. The lowest BCUT2D eigenvalue weighted by atomic mass is 9.99. The number of aromatic carboxylic acids is 1. The van der Waals surface area contributed by atoms with Gasteiger partial charge >= 0.3 is 5.97 Å². The fourth-order valence-electron chi connectivity index (χ4n) is 2.37. The van der Waals surface area contributed by atoms with Gasteiger partial charge in [0.2, 0.25) is 0 Å². The molecule has 6 nitrogen and oxygen atoms in total. The molecule has 0 radical (unpaired) electrons. The van der Waals surface area contributed by atoms with E-state index in [2.05, 4.69) is 4.98 Å². The number of carboxylic acids is 1. The molecular weight excluding hydrogens is 298 g/mol. The molecule has 0 spiro atoms. The summed E-state index contributed by atoms with van der Waals surface area (Å²) in [6.07, 6.45) is 1.25. The molecule has 6 heteroatoms. The number of hydrogen-bond donors (Lipinski definition) is 2. The largest absolute Gasteiger partial charge is 0.505 e. The van der Waals surface area contributed by atoms with Crippen molar-refractivity contribution in [3.05, 3.63) is 52.3 Å². The van der Waals surface area contributed by atoms with Gasteiger partial charge in [-0.3, -0.25) is 9.78 Å². The second kappa shape index (κ2) is 6.91. The van der Waals surface area contributed by atoms with Gasteiger partial charge in [0.25, 0.3) is 0 Å². The van der Waals surface area contributed by atoms with Crippen LogP contribution in [0.3, 0.4) is 0 Å². The smallest absolute Gasteiger partial charge is 0.338 e. The zero-order valence-corrected chi connectivity index (χ0v) is 12.9. The summed E-state index contributed by atoms with van der Waals surface area (Å²) in [5, 5.41) is 19.2. The van der Waals surface area contributed by atoms with E-state index >= 15 is 0 Å². The van der Waals surface area contributed by atoms with Crippen LogP contribution in [0.1, 0.15) is 37.7 Å². The lowest BCUT2D eigenvalue weighted by Gasteiger charge is -2.11. The molecule has 0 amide bonds. The zero-order valence-electron chi connectivity index (χ0n) is 12.9. The first kappa shape index (κ1) is 16.5. The maximum absolute atomic E-state index is 11.4. The molecule has 0 saturated carbocycles. The van der Waals surface area contributed by atoms with E-state index in [1.54, 1.807) is 7.11 Å². The second-order valence-electron chi connectivity index (χ2n) is 5.05. The monoisotopic (exact) mass is 315 g/mol. The number of carboxylic acid groups (broad SMARTS) is 1. The molecule has 0 aliphatic carbocycles.